The summed E-state index contributed by atoms with van der Waals surface area (Å²) in [4.78, 5) is 27.1. The van der Waals surface area contributed by atoms with Crippen molar-refractivity contribution in [2.75, 3.05) is 44.3 Å². The maximum absolute atomic E-state index is 10.6. The van der Waals surface area contributed by atoms with Crippen molar-refractivity contribution in [3.05, 3.63) is 34.5 Å². The molecule has 0 radical (unpaired) electrons. The number of rotatable bonds is 3. The number of ether oxygens (including phenoxy) is 1. The largest absolute Gasteiger partial charge is 0.490 e. The number of alkyl halides is 3. The number of halogens is 3. The molecule has 0 aromatic carbocycles. The van der Waals surface area contributed by atoms with E-state index in [0.29, 0.717) is 0 Å². The van der Waals surface area contributed by atoms with Gasteiger partial charge in [0, 0.05) is 55.9 Å². The maximum atomic E-state index is 10.6. The smallest absolute Gasteiger partial charge is 0.475 e. The Labute approximate surface area is 188 Å². The maximum Gasteiger partial charge on any atom is 0.490 e. The van der Waals surface area contributed by atoms with Crippen LogP contribution in [0.25, 0.3) is 0 Å². The van der Waals surface area contributed by atoms with Crippen LogP contribution in [0.15, 0.2) is 23.8 Å². The normalized spacial score (nSPS) is 19.2. The number of anilines is 1. The monoisotopic (exact) mass is 473 g/mol. The van der Waals surface area contributed by atoms with Crippen molar-refractivity contribution >= 4 is 23.3 Å². The fourth-order valence-electron chi connectivity index (χ4n) is 3.86. The Morgan fingerprint density at radius 1 is 1.25 bits per heavy atom. The highest BCUT2D eigenvalue weighted by Crippen LogP contribution is 2.35. The summed E-state index contributed by atoms with van der Waals surface area (Å²) in [7, 11) is 0. The van der Waals surface area contributed by atoms with E-state index in [0.717, 1.165) is 69.7 Å². The lowest BCUT2D eigenvalue weighted by Gasteiger charge is -2.42. The zero-order valence-corrected chi connectivity index (χ0v) is 18.5. The summed E-state index contributed by atoms with van der Waals surface area (Å²) in [5, 5.41) is 10.5. The van der Waals surface area contributed by atoms with E-state index in [2.05, 4.69) is 37.1 Å². The Hall–Kier alpha value is -2.31. The molecule has 0 bridgehead atoms. The number of carboxylic acid groups (broad SMARTS) is 1. The van der Waals surface area contributed by atoms with Crippen molar-refractivity contribution in [3.63, 3.8) is 0 Å². The van der Waals surface area contributed by atoms with Crippen LogP contribution in [0.1, 0.15) is 23.5 Å². The summed E-state index contributed by atoms with van der Waals surface area (Å²) in [5.74, 6) is -1.91. The minimum atomic E-state index is -5.08. The molecule has 2 aliphatic rings. The molecule has 0 saturated carbocycles. The number of hydrogen-bond acceptors (Lipinski definition) is 8. The van der Waals surface area contributed by atoms with Crippen LogP contribution in [-0.4, -0.2) is 76.5 Å². The van der Waals surface area contributed by atoms with E-state index in [1.165, 1.54) is 5.69 Å². The Bertz CT molecular complexity index is 873. The number of carbonyl (C=O) groups is 1. The van der Waals surface area contributed by atoms with E-state index in [4.69, 9.17) is 14.6 Å². The fraction of sp³-hybridized carbons (Fsp3) is 0.600. The van der Waals surface area contributed by atoms with E-state index >= 15 is 0 Å². The number of carboxylic acids is 1. The number of thiazole rings is 1. The summed E-state index contributed by atoms with van der Waals surface area (Å²) in [6.45, 7) is 8.76. The molecule has 2 fully saturated rings. The predicted molar refractivity (Wildman–Crippen MR) is 113 cm³/mol. The van der Waals surface area contributed by atoms with Gasteiger partial charge in [-0.2, -0.15) is 13.2 Å². The van der Waals surface area contributed by atoms with Gasteiger partial charge in [-0.3, -0.25) is 4.90 Å². The van der Waals surface area contributed by atoms with Crippen LogP contribution in [0, 0.1) is 12.3 Å². The molecular weight excluding hydrogens is 447 g/mol. The van der Waals surface area contributed by atoms with Crippen LogP contribution in [0.5, 0.6) is 0 Å². The lowest BCUT2D eigenvalue weighted by Crippen LogP contribution is -2.47. The highest BCUT2D eigenvalue weighted by Gasteiger charge is 2.39. The van der Waals surface area contributed by atoms with E-state index in [-0.39, 0.29) is 5.41 Å². The molecule has 0 atom stereocenters. The summed E-state index contributed by atoms with van der Waals surface area (Å²) in [5.41, 5.74) is 1.43. The Morgan fingerprint density at radius 2 is 1.91 bits per heavy atom. The molecule has 8 nitrogen and oxygen atoms in total. The average Bonchev–Trinajstić information content (AvgIpc) is 3.06. The number of aromatic nitrogens is 3. The number of aliphatic carboxylic acids is 1. The number of aryl methyl sites for hydroxylation is 1. The molecule has 12 heteroatoms. The summed E-state index contributed by atoms with van der Waals surface area (Å²) < 4.78 is 37.7. The molecule has 4 rings (SSSR count). The predicted octanol–water partition coefficient (Wildman–Crippen LogP) is 2.99. The van der Waals surface area contributed by atoms with Gasteiger partial charge in [0.25, 0.3) is 0 Å². The molecule has 32 heavy (non-hydrogen) atoms. The van der Waals surface area contributed by atoms with Gasteiger partial charge in [-0.1, -0.05) is 0 Å². The van der Waals surface area contributed by atoms with Gasteiger partial charge in [-0.05, 0) is 25.8 Å². The van der Waals surface area contributed by atoms with Gasteiger partial charge in [0.05, 0.1) is 23.9 Å². The van der Waals surface area contributed by atoms with Crippen molar-refractivity contribution in [2.45, 2.75) is 32.5 Å². The van der Waals surface area contributed by atoms with Crippen molar-refractivity contribution < 1.29 is 27.8 Å². The quantitative estimate of drug-likeness (QED) is 0.728. The van der Waals surface area contributed by atoms with Gasteiger partial charge in [0.1, 0.15) is 0 Å². The van der Waals surface area contributed by atoms with Crippen LogP contribution in [0.2, 0.25) is 0 Å². The third-order valence-corrected chi connectivity index (χ3v) is 6.30. The zero-order chi connectivity index (χ0) is 23.2. The highest BCUT2D eigenvalue weighted by molar-refractivity contribution is 7.09. The SMILES string of the molecule is Cc1nc(CN2CCOCC3(CCN(c4ncccn4)CC3)C2)cs1.O=C(O)C(F)(F)F. The second kappa shape index (κ2) is 10.5. The van der Waals surface area contributed by atoms with Crippen molar-refractivity contribution in [3.8, 4) is 0 Å². The molecule has 2 saturated heterocycles. The van der Waals surface area contributed by atoms with Crippen LogP contribution < -0.4 is 4.90 Å². The molecule has 176 valence electrons. The van der Waals surface area contributed by atoms with E-state index < -0.39 is 12.1 Å². The second-order valence-corrected chi connectivity index (χ2v) is 9.02. The molecule has 0 aliphatic carbocycles. The molecule has 2 aromatic heterocycles. The summed E-state index contributed by atoms with van der Waals surface area (Å²) >= 11 is 1.73. The first-order valence-electron chi connectivity index (χ1n) is 10.2. The molecule has 0 amide bonds. The van der Waals surface area contributed by atoms with Crippen molar-refractivity contribution in [2.24, 2.45) is 5.41 Å². The van der Waals surface area contributed by atoms with Crippen LogP contribution in [-0.2, 0) is 16.1 Å². The van der Waals surface area contributed by atoms with Crippen LogP contribution in [0.4, 0.5) is 19.1 Å². The lowest BCUT2D eigenvalue weighted by molar-refractivity contribution is -0.192. The van der Waals surface area contributed by atoms with Gasteiger partial charge < -0.3 is 14.7 Å². The number of hydrogen-bond donors (Lipinski definition) is 1. The number of piperidine rings is 1. The molecular formula is C20H26F3N5O3S. The molecule has 0 unspecified atom stereocenters. The molecule has 4 heterocycles. The second-order valence-electron chi connectivity index (χ2n) is 7.96. The van der Waals surface area contributed by atoms with Gasteiger partial charge in [0.15, 0.2) is 0 Å². The van der Waals surface area contributed by atoms with E-state index in [1.54, 1.807) is 11.3 Å². The molecule has 2 aliphatic heterocycles. The molecule has 1 N–H and O–H groups in total. The van der Waals surface area contributed by atoms with Crippen molar-refractivity contribution in [1.82, 2.24) is 19.9 Å². The van der Waals surface area contributed by atoms with Gasteiger partial charge >= 0.3 is 12.1 Å². The first-order valence-corrected chi connectivity index (χ1v) is 11.1. The van der Waals surface area contributed by atoms with Crippen LogP contribution >= 0.6 is 11.3 Å². The Morgan fingerprint density at radius 3 is 2.47 bits per heavy atom. The molecule has 2 aromatic rings. The first kappa shape index (κ1) is 24.3. The standard InChI is InChI=1S/C18H25N5OS.C2HF3O2/c1-15-21-16(12-25-15)11-22-9-10-24-14-18(13-22)3-7-23(8-4-18)17-19-5-2-6-20-17;3-2(4,5)1(6)7/h2,5-6,12H,3-4,7-11,13-14H2,1H3;(H,6,7). The summed E-state index contributed by atoms with van der Waals surface area (Å²) in [6.07, 6.45) is 0.799. The van der Waals surface area contributed by atoms with Gasteiger partial charge in [-0.15, -0.1) is 11.3 Å². The fourth-order valence-corrected chi connectivity index (χ4v) is 4.47. The minimum absolute atomic E-state index is 0.243. The van der Waals surface area contributed by atoms with E-state index in [1.807, 2.05) is 18.5 Å². The Kier molecular flexibility index (Phi) is 8.01. The topological polar surface area (TPSA) is 91.7 Å². The average molecular weight is 474 g/mol. The highest BCUT2D eigenvalue weighted by atomic mass is 32.1. The van der Waals surface area contributed by atoms with E-state index in [9.17, 15) is 13.2 Å². The lowest BCUT2D eigenvalue weighted by atomic mass is 9.78. The van der Waals surface area contributed by atoms with Crippen LogP contribution in [0.3, 0.4) is 0 Å². The third-order valence-electron chi connectivity index (χ3n) is 5.47. The van der Waals surface area contributed by atoms with Crippen molar-refractivity contribution in [1.29, 1.82) is 0 Å². The Balaban J connectivity index is 0.000000360. The summed E-state index contributed by atoms with van der Waals surface area (Å²) in [6, 6.07) is 1.87. The zero-order valence-electron chi connectivity index (χ0n) is 17.7. The molecule has 1 spiro atoms. The van der Waals surface area contributed by atoms with Gasteiger partial charge in [-0.25, -0.2) is 19.7 Å². The van der Waals surface area contributed by atoms with Gasteiger partial charge in [0.2, 0.25) is 5.95 Å². The number of nitrogens with zero attached hydrogens (tertiary/aromatic N) is 5. The third kappa shape index (κ3) is 6.84. The minimum Gasteiger partial charge on any atom is -0.475 e. The first-order chi connectivity index (χ1) is 15.2.